The summed E-state index contributed by atoms with van der Waals surface area (Å²) in [5.74, 6) is 0.239. The molecule has 1 unspecified atom stereocenters. The highest BCUT2D eigenvalue weighted by Crippen LogP contribution is 2.09. The summed E-state index contributed by atoms with van der Waals surface area (Å²) in [6, 6.07) is 3.17. The molecular weight excluding hydrogens is 250 g/mol. The molecule has 0 radical (unpaired) electrons. The molecule has 0 aliphatic rings. The lowest BCUT2D eigenvalue weighted by Crippen LogP contribution is -2.36. The van der Waals surface area contributed by atoms with Gasteiger partial charge in [-0.3, -0.25) is 0 Å². The van der Waals surface area contributed by atoms with E-state index in [2.05, 4.69) is 15.0 Å². The maximum Gasteiger partial charge on any atom is 0.258 e. The molecule has 102 valence electrons. The average Bonchev–Trinajstić information content (AvgIpc) is 2.29. The molecule has 2 N–H and O–H groups in total. The van der Waals surface area contributed by atoms with Gasteiger partial charge in [-0.1, -0.05) is 19.9 Å². The van der Waals surface area contributed by atoms with E-state index in [1.54, 1.807) is 12.3 Å². The van der Waals surface area contributed by atoms with Crippen molar-refractivity contribution >= 4 is 10.0 Å². The highest BCUT2D eigenvalue weighted by atomic mass is 32.2. The number of nitrogens with one attached hydrogen (secondary N) is 2. The predicted molar refractivity (Wildman–Crippen MR) is 71.6 cm³/mol. The normalized spacial score (nSPS) is 13.8. The number of hydrogen-bond acceptors (Lipinski definition) is 4. The minimum absolute atomic E-state index is 0.0647. The van der Waals surface area contributed by atoms with Crippen LogP contribution in [0.4, 0.5) is 0 Å². The van der Waals surface area contributed by atoms with E-state index in [9.17, 15) is 8.42 Å². The van der Waals surface area contributed by atoms with E-state index in [4.69, 9.17) is 0 Å². The zero-order valence-corrected chi connectivity index (χ0v) is 12.1. The SMILES string of the molecule is CNCc1ccc(S(=O)(=O)NC(C)C(C)C)nc1. The molecule has 5 nitrogen and oxygen atoms in total. The van der Waals surface area contributed by atoms with Crippen LogP contribution < -0.4 is 10.0 Å². The maximum absolute atomic E-state index is 12.0. The van der Waals surface area contributed by atoms with Crippen LogP contribution in [-0.4, -0.2) is 26.5 Å². The second kappa shape index (κ2) is 6.26. The van der Waals surface area contributed by atoms with Gasteiger partial charge >= 0.3 is 0 Å². The highest BCUT2D eigenvalue weighted by Gasteiger charge is 2.20. The summed E-state index contributed by atoms with van der Waals surface area (Å²) in [5.41, 5.74) is 0.952. The smallest absolute Gasteiger partial charge is 0.258 e. The van der Waals surface area contributed by atoms with Crippen molar-refractivity contribution in [1.29, 1.82) is 0 Å². The van der Waals surface area contributed by atoms with Gasteiger partial charge in [0.1, 0.15) is 0 Å². The van der Waals surface area contributed by atoms with Crippen molar-refractivity contribution in [2.24, 2.45) is 5.92 Å². The van der Waals surface area contributed by atoms with Crippen LogP contribution in [-0.2, 0) is 16.6 Å². The molecule has 1 atom stereocenters. The van der Waals surface area contributed by atoms with E-state index in [1.165, 1.54) is 6.07 Å². The maximum atomic E-state index is 12.0. The lowest BCUT2D eigenvalue weighted by molar-refractivity contribution is 0.475. The molecule has 18 heavy (non-hydrogen) atoms. The summed E-state index contributed by atoms with van der Waals surface area (Å²) in [7, 11) is -1.69. The Bertz CT molecular complexity index is 469. The Balaban J connectivity index is 2.85. The standard InChI is InChI=1S/C12H21N3O2S/c1-9(2)10(3)15-18(16,17)12-6-5-11(7-13-4)8-14-12/h5-6,8-10,13,15H,7H2,1-4H3. The molecule has 0 aliphatic carbocycles. The zero-order chi connectivity index (χ0) is 13.8. The van der Waals surface area contributed by atoms with Crippen molar-refractivity contribution in [1.82, 2.24) is 15.0 Å². The molecule has 0 saturated heterocycles. The number of aromatic nitrogens is 1. The molecule has 0 saturated carbocycles. The Hall–Kier alpha value is -0.980. The first-order chi connectivity index (χ1) is 8.36. The van der Waals surface area contributed by atoms with Crippen molar-refractivity contribution < 1.29 is 8.42 Å². The van der Waals surface area contributed by atoms with Gasteiger partial charge in [0.15, 0.2) is 5.03 Å². The second-order valence-electron chi connectivity index (χ2n) is 4.69. The van der Waals surface area contributed by atoms with Gasteiger partial charge in [-0.2, -0.15) is 0 Å². The second-order valence-corrected chi connectivity index (χ2v) is 6.35. The van der Waals surface area contributed by atoms with Crippen molar-refractivity contribution in [2.75, 3.05) is 7.05 Å². The quantitative estimate of drug-likeness (QED) is 0.813. The molecule has 0 bridgehead atoms. The van der Waals surface area contributed by atoms with Crippen LogP contribution in [0.3, 0.4) is 0 Å². The van der Waals surface area contributed by atoms with Crippen LogP contribution in [0.1, 0.15) is 26.3 Å². The molecule has 0 aromatic carbocycles. The predicted octanol–water partition coefficient (Wildman–Crippen LogP) is 1.12. The van der Waals surface area contributed by atoms with Gasteiger partial charge in [0.25, 0.3) is 10.0 Å². The van der Waals surface area contributed by atoms with Crippen LogP contribution in [0.5, 0.6) is 0 Å². The molecule has 0 fully saturated rings. The number of pyridine rings is 1. The third kappa shape index (κ3) is 4.04. The van der Waals surface area contributed by atoms with Gasteiger partial charge in [0.2, 0.25) is 0 Å². The first-order valence-corrected chi connectivity index (χ1v) is 7.47. The average molecular weight is 271 g/mol. The fourth-order valence-electron chi connectivity index (χ4n) is 1.32. The van der Waals surface area contributed by atoms with Crippen LogP contribution in [0.25, 0.3) is 0 Å². The third-order valence-corrected chi connectivity index (χ3v) is 4.27. The third-order valence-electron chi connectivity index (χ3n) is 2.79. The lowest BCUT2D eigenvalue weighted by Gasteiger charge is -2.17. The minimum atomic E-state index is -3.52. The van der Waals surface area contributed by atoms with Crippen LogP contribution >= 0.6 is 0 Å². The van der Waals surface area contributed by atoms with Gasteiger partial charge < -0.3 is 5.32 Å². The van der Waals surface area contributed by atoms with Gasteiger partial charge in [-0.05, 0) is 31.5 Å². The van der Waals surface area contributed by atoms with E-state index in [0.29, 0.717) is 6.54 Å². The van der Waals surface area contributed by atoms with Gasteiger partial charge in [-0.25, -0.2) is 18.1 Å². The topological polar surface area (TPSA) is 71.1 Å². The number of nitrogens with zero attached hydrogens (tertiary/aromatic N) is 1. The molecule has 0 aliphatic heterocycles. The van der Waals surface area contributed by atoms with E-state index in [0.717, 1.165) is 5.56 Å². The molecular formula is C12H21N3O2S. The summed E-state index contributed by atoms with van der Waals surface area (Å²) in [5, 5.41) is 3.05. The van der Waals surface area contributed by atoms with Gasteiger partial charge in [0, 0.05) is 18.8 Å². The Morgan fingerprint density at radius 1 is 1.28 bits per heavy atom. The number of hydrogen-bond donors (Lipinski definition) is 2. The van der Waals surface area contributed by atoms with Crippen molar-refractivity contribution in [3.05, 3.63) is 23.9 Å². The zero-order valence-electron chi connectivity index (χ0n) is 11.3. The van der Waals surface area contributed by atoms with Crippen LogP contribution in [0.2, 0.25) is 0 Å². The molecule has 1 rings (SSSR count). The lowest BCUT2D eigenvalue weighted by atomic mass is 10.1. The van der Waals surface area contributed by atoms with E-state index in [1.807, 2.05) is 27.8 Å². The largest absolute Gasteiger partial charge is 0.316 e. The Morgan fingerprint density at radius 3 is 2.39 bits per heavy atom. The number of rotatable bonds is 6. The van der Waals surface area contributed by atoms with Gasteiger partial charge in [-0.15, -0.1) is 0 Å². The number of sulfonamides is 1. The Kier molecular flexibility index (Phi) is 5.25. The van der Waals surface area contributed by atoms with E-state index >= 15 is 0 Å². The fourth-order valence-corrected chi connectivity index (χ4v) is 2.64. The van der Waals surface area contributed by atoms with E-state index < -0.39 is 10.0 Å². The van der Waals surface area contributed by atoms with Crippen molar-refractivity contribution in [2.45, 2.75) is 38.4 Å². The molecule has 1 heterocycles. The molecule has 6 heteroatoms. The Labute approximate surface area is 109 Å². The summed E-state index contributed by atoms with van der Waals surface area (Å²) < 4.78 is 26.7. The van der Waals surface area contributed by atoms with E-state index in [-0.39, 0.29) is 17.0 Å². The summed E-state index contributed by atoms with van der Waals surface area (Å²) in [6.45, 7) is 6.45. The van der Waals surface area contributed by atoms with Crippen molar-refractivity contribution in [3.63, 3.8) is 0 Å². The first-order valence-electron chi connectivity index (χ1n) is 5.98. The van der Waals surface area contributed by atoms with Gasteiger partial charge in [0.05, 0.1) is 0 Å². The summed E-state index contributed by atoms with van der Waals surface area (Å²) in [4.78, 5) is 3.99. The molecule has 1 aromatic rings. The summed E-state index contributed by atoms with van der Waals surface area (Å²) >= 11 is 0. The van der Waals surface area contributed by atoms with Crippen LogP contribution in [0.15, 0.2) is 23.4 Å². The summed E-state index contributed by atoms with van der Waals surface area (Å²) in [6.07, 6.45) is 1.57. The molecule has 0 spiro atoms. The molecule has 0 amide bonds. The molecule has 1 aromatic heterocycles. The van der Waals surface area contributed by atoms with Crippen LogP contribution in [0, 0.1) is 5.92 Å². The minimum Gasteiger partial charge on any atom is -0.316 e. The Morgan fingerprint density at radius 2 is 1.94 bits per heavy atom. The fraction of sp³-hybridized carbons (Fsp3) is 0.583. The highest BCUT2D eigenvalue weighted by molar-refractivity contribution is 7.89. The first kappa shape index (κ1) is 15.1. The monoisotopic (exact) mass is 271 g/mol. The van der Waals surface area contributed by atoms with Crippen molar-refractivity contribution in [3.8, 4) is 0 Å².